The van der Waals surface area contributed by atoms with Crippen LogP contribution in [0.3, 0.4) is 0 Å². The molecule has 0 N–H and O–H groups in total. The number of methoxy groups -OCH3 is 1. The van der Waals surface area contributed by atoms with Crippen molar-refractivity contribution >= 4 is 27.5 Å². The Kier molecular flexibility index (Phi) is 5.85. The van der Waals surface area contributed by atoms with Crippen molar-refractivity contribution in [3.8, 4) is 16.7 Å². The molecule has 29 heavy (non-hydrogen) atoms. The van der Waals surface area contributed by atoms with Crippen LogP contribution in [0.1, 0.15) is 30.1 Å². The van der Waals surface area contributed by atoms with Crippen molar-refractivity contribution in [2.45, 2.75) is 25.9 Å². The van der Waals surface area contributed by atoms with Gasteiger partial charge in [-0.25, -0.2) is 4.98 Å². The van der Waals surface area contributed by atoms with E-state index in [-0.39, 0.29) is 12.0 Å². The Morgan fingerprint density at radius 3 is 2.55 bits per heavy atom. The van der Waals surface area contributed by atoms with E-state index in [4.69, 9.17) is 14.2 Å². The van der Waals surface area contributed by atoms with Gasteiger partial charge >= 0.3 is 0 Å². The first-order valence-corrected chi connectivity index (χ1v) is 10.6. The first kappa shape index (κ1) is 19.5. The Morgan fingerprint density at radius 2 is 1.86 bits per heavy atom. The molecule has 0 unspecified atom stereocenters. The van der Waals surface area contributed by atoms with Gasteiger partial charge in [-0.2, -0.15) is 0 Å². The van der Waals surface area contributed by atoms with E-state index in [1.807, 2.05) is 54.3 Å². The zero-order valence-corrected chi connectivity index (χ0v) is 17.4. The third-order valence-corrected chi connectivity index (χ3v) is 5.89. The number of nitrogens with zero attached hydrogens (tertiary/aromatic N) is 2. The summed E-state index contributed by atoms with van der Waals surface area (Å²) in [6.07, 6.45) is 1.66. The second-order valence-corrected chi connectivity index (χ2v) is 7.87. The molecular formula is C22H24N2O4S. The quantitative estimate of drug-likeness (QED) is 0.601. The minimum Gasteiger partial charge on any atom is -0.497 e. The highest BCUT2D eigenvalue weighted by atomic mass is 32.1. The number of likely N-dealkylation sites (tertiary alicyclic amines) is 1. The van der Waals surface area contributed by atoms with Gasteiger partial charge in [0, 0.05) is 31.5 Å². The maximum Gasteiger partial charge on any atom is 0.274 e. The van der Waals surface area contributed by atoms with Crippen molar-refractivity contribution in [2.24, 2.45) is 0 Å². The van der Waals surface area contributed by atoms with Gasteiger partial charge in [0.05, 0.1) is 23.9 Å². The molecule has 2 heterocycles. The number of amides is 1. The first-order valence-electron chi connectivity index (χ1n) is 9.79. The number of carbonyl (C=O) groups excluding carboxylic acids is 1. The normalized spacial score (nSPS) is 14.8. The highest BCUT2D eigenvalue weighted by Crippen LogP contribution is 2.32. The van der Waals surface area contributed by atoms with Gasteiger partial charge in [-0.05, 0) is 49.4 Å². The molecule has 4 rings (SSSR count). The SMILES string of the molecule is CCOc1ccc(C(=O)N2CCC(Oc3nc4ccc(OC)cc4s3)CC2)cc1. The molecular weight excluding hydrogens is 388 g/mol. The van der Waals surface area contributed by atoms with Crippen LogP contribution in [0.5, 0.6) is 16.7 Å². The number of ether oxygens (including phenoxy) is 3. The van der Waals surface area contributed by atoms with Gasteiger partial charge in [-0.15, -0.1) is 0 Å². The van der Waals surface area contributed by atoms with Gasteiger partial charge in [-0.1, -0.05) is 11.3 Å². The Balaban J connectivity index is 1.33. The molecule has 2 aromatic carbocycles. The van der Waals surface area contributed by atoms with Gasteiger partial charge in [0.25, 0.3) is 11.1 Å². The lowest BCUT2D eigenvalue weighted by Gasteiger charge is -2.31. The average molecular weight is 413 g/mol. The van der Waals surface area contributed by atoms with Crippen LogP contribution in [0.15, 0.2) is 42.5 Å². The van der Waals surface area contributed by atoms with E-state index in [9.17, 15) is 4.79 Å². The third-order valence-electron chi connectivity index (χ3n) is 4.98. The first-order chi connectivity index (χ1) is 14.2. The van der Waals surface area contributed by atoms with E-state index in [2.05, 4.69) is 4.98 Å². The summed E-state index contributed by atoms with van der Waals surface area (Å²) in [6.45, 7) is 3.91. The maximum atomic E-state index is 12.7. The number of benzene rings is 2. The van der Waals surface area contributed by atoms with Crippen LogP contribution in [-0.4, -0.2) is 48.7 Å². The molecule has 1 fully saturated rings. The van der Waals surface area contributed by atoms with Crippen LogP contribution in [-0.2, 0) is 0 Å². The molecule has 0 atom stereocenters. The number of aromatic nitrogens is 1. The van der Waals surface area contributed by atoms with Crippen molar-refractivity contribution in [3.63, 3.8) is 0 Å². The summed E-state index contributed by atoms with van der Waals surface area (Å²) in [5.41, 5.74) is 1.60. The molecule has 0 saturated carbocycles. The number of rotatable bonds is 6. The Labute approximate surface area is 174 Å². The van der Waals surface area contributed by atoms with E-state index in [0.717, 1.165) is 34.6 Å². The predicted octanol–water partition coefficient (Wildman–Crippen LogP) is 4.39. The van der Waals surface area contributed by atoms with Crippen LogP contribution in [0.2, 0.25) is 0 Å². The topological polar surface area (TPSA) is 60.9 Å². The summed E-state index contributed by atoms with van der Waals surface area (Å²) in [6, 6.07) is 13.1. The number of hydrogen-bond donors (Lipinski definition) is 0. The number of thiazole rings is 1. The zero-order chi connectivity index (χ0) is 20.2. The highest BCUT2D eigenvalue weighted by Gasteiger charge is 2.25. The second-order valence-electron chi connectivity index (χ2n) is 6.88. The minimum atomic E-state index is 0.0542. The molecule has 1 saturated heterocycles. The lowest BCUT2D eigenvalue weighted by molar-refractivity contribution is 0.0595. The molecule has 3 aromatic rings. The van der Waals surface area contributed by atoms with Gasteiger partial charge in [0.1, 0.15) is 17.6 Å². The van der Waals surface area contributed by atoms with Crippen molar-refractivity contribution < 1.29 is 19.0 Å². The monoisotopic (exact) mass is 412 g/mol. The fourth-order valence-corrected chi connectivity index (χ4v) is 4.33. The van der Waals surface area contributed by atoms with Crippen LogP contribution in [0.25, 0.3) is 10.2 Å². The summed E-state index contributed by atoms with van der Waals surface area (Å²) >= 11 is 1.52. The minimum absolute atomic E-state index is 0.0542. The summed E-state index contributed by atoms with van der Waals surface area (Å²) in [5.74, 6) is 1.65. The van der Waals surface area contributed by atoms with Crippen molar-refractivity contribution in [2.75, 3.05) is 26.8 Å². The standard InChI is InChI=1S/C22H24N2O4S/c1-3-27-16-6-4-15(5-7-16)21(25)24-12-10-17(11-13-24)28-22-23-19-9-8-18(26-2)14-20(19)29-22/h4-9,14,17H,3,10-13H2,1-2H3. The zero-order valence-electron chi connectivity index (χ0n) is 16.6. The van der Waals surface area contributed by atoms with Gasteiger partial charge in [0.2, 0.25) is 0 Å². The summed E-state index contributed by atoms with van der Waals surface area (Å²) < 4.78 is 17.8. The van der Waals surface area contributed by atoms with E-state index < -0.39 is 0 Å². The van der Waals surface area contributed by atoms with Crippen LogP contribution < -0.4 is 14.2 Å². The van der Waals surface area contributed by atoms with E-state index in [1.54, 1.807) is 7.11 Å². The summed E-state index contributed by atoms with van der Waals surface area (Å²) in [5, 5.41) is 0.671. The van der Waals surface area contributed by atoms with Gasteiger partial charge in [0.15, 0.2) is 0 Å². The fourth-order valence-electron chi connectivity index (χ4n) is 3.42. The largest absolute Gasteiger partial charge is 0.497 e. The molecule has 7 heteroatoms. The molecule has 152 valence electrons. The second kappa shape index (κ2) is 8.69. The van der Waals surface area contributed by atoms with E-state index >= 15 is 0 Å². The molecule has 6 nitrogen and oxygen atoms in total. The number of fused-ring (bicyclic) bond motifs is 1. The van der Waals surface area contributed by atoms with Crippen molar-refractivity contribution in [1.29, 1.82) is 0 Å². The Hall–Kier alpha value is -2.80. The maximum absolute atomic E-state index is 12.7. The molecule has 1 amide bonds. The Bertz CT molecular complexity index is 978. The number of hydrogen-bond acceptors (Lipinski definition) is 6. The lowest BCUT2D eigenvalue weighted by Crippen LogP contribution is -2.41. The molecule has 0 aliphatic carbocycles. The Morgan fingerprint density at radius 1 is 1.14 bits per heavy atom. The van der Waals surface area contributed by atoms with E-state index in [1.165, 1.54) is 11.3 Å². The fraction of sp³-hybridized carbons (Fsp3) is 0.364. The van der Waals surface area contributed by atoms with Crippen molar-refractivity contribution in [1.82, 2.24) is 9.88 Å². The molecule has 0 radical (unpaired) electrons. The highest BCUT2D eigenvalue weighted by molar-refractivity contribution is 7.20. The number of carbonyl (C=O) groups is 1. The lowest BCUT2D eigenvalue weighted by atomic mass is 10.1. The summed E-state index contributed by atoms with van der Waals surface area (Å²) in [4.78, 5) is 19.2. The summed E-state index contributed by atoms with van der Waals surface area (Å²) in [7, 11) is 1.65. The van der Waals surface area contributed by atoms with Crippen LogP contribution in [0.4, 0.5) is 0 Å². The predicted molar refractivity (Wildman–Crippen MR) is 113 cm³/mol. The third kappa shape index (κ3) is 4.45. The molecule has 0 spiro atoms. The number of piperidine rings is 1. The van der Waals surface area contributed by atoms with Crippen LogP contribution >= 0.6 is 11.3 Å². The smallest absolute Gasteiger partial charge is 0.274 e. The average Bonchev–Trinajstić information content (AvgIpc) is 3.16. The van der Waals surface area contributed by atoms with E-state index in [0.29, 0.717) is 30.5 Å². The molecule has 1 aromatic heterocycles. The van der Waals surface area contributed by atoms with Crippen LogP contribution in [0, 0.1) is 0 Å². The molecule has 0 bridgehead atoms. The molecule has 1 aliphatic rings. The van der Waals surface area contributed by atoms with Gasteiger partial charge < -0.3 is 19.1 Å². The van der Waals surface area contributed by atoms with Crippen molar-refractivity contribution in [3.05, 3.63) is 48.0 Å². The molecule has 1 aliphatic heterocycles. The van der Waals surface area contributed by atoms with Gasteiger partial charge in [-0.3, -0.25) is 4.79 Å².